The molecule has 4 aromatic carbocycles. The Labute approximate surface area is 385 Å². The van der Waals surface area contributed by atoms with Gasteiger partial charge in [-0.15, -0.1) is 30.3 Å². The molecule has 0 aliphatic carbocycles. The minimum Gasteiger partial charge on any atom is -0.755 e. The molecule has 2 radical (unpaired) electrons. The number of anilines is 4. The average molecular weight is 959 g/mol. The molecule has 292 valence electrons. The van der Waals surface area contributed by atoms with Gasteiger partial charge in [0.1, 0.15) is 11.5 Å². The molecule has 0 spiro atoms. The molecule has 12 nitrogen and oxygen atoms in total. The fourth-order valence-corrected chi connectivity index (χ4v) is 6.45. The summed E-state index contributed by atoms with van der Waals surface area (Å²) in [5.74, 6) is 1.52. The first-order chi connectivity index (χ1) is 25.1. The van der Waals surface area contributed by atoms with Crippen molar-refractivity contribution in [3.63, 3.8) is 0 Å². The van der Waals surface area contributed by atoms with Crippen LogP contribution in [0.3, 0.4) is 0 Å². The Morgan fingerprint density at radius 2 is 1.02 bits per heavy atom. The molecule has 2 saturated heterocycles. The number of hydrogen-bond donors (Lipinski definition) is 3. The predicted octanol–water partition coefficient (Wildman–Crippen LogP) is 8.13. The molecule has 2 unspecified atom stereocenters. The number of hydrogen-bond acceptors (Lipinski definition) is 10. The van der Waals surface area contributed by atoms with Gasteiger partial charge in [0.25, 0.3) is 0 Å². The van der Waals surface area contributed by atoms with Crippen molar-refractivity contribution in [3.05, 3.63) is 110 Å². The van der Waals surface area contributed by atoms with E-state index in [1.807, 2.05) is 50.2 Å². The van der Waals surface area contributed by atoms with Gasteiger partial charge in [0.15, 0.2) is 11.5 Å². The van der Waals surface area contributed by atoms with E-state index in [1.165, 1.54) is 12.1 Å². The summed E-state index contributed by atoms with van der Waals surface area (Å²) in [6.45, 7) is 10.7. The van der Waals surface area contributed by atoms with Crippen LogP contribution in [0.1, 0.15) is 60.2 Å². The molecule has 55 heavy (non-hydrogen) atoms. The summed E-state index contributed by atoms with van der Waals surface area (Å²) in [6, 6.07) is 24.5. The van der Waals surface area contributed by atoms with E-state index in [-0.39, 0.29) is 90.0 Å². The third kappa shape index (κ3) is 15.2. The van der Waals surface area contributed by atoms with Crippen LogP contribution >= 0.6 is 12.6 Å². The molecule has 4 aromatic rings. The Morgan fingerprint density at radius 3 is 1.35 bits per heavy atom. The SMILES string of the molecule is CC.O=C(S)c1cc(NS(=O)[O-])c(Oc2ccccc2)c(N2CCCC2)c1.[CH2-]C(=O)c1cc(NS(=O)[O-])c(Oc2ccccc2)c(N2CCCC2)c1.[CH3-].[Y].[Y]. The maximum Gasteiger partial charge on any atom is 0.216 e. The molecule has 2 aliphatic heterocycles. The van der Waals surface area contributed by atoms with Gasteiger partial charge < -0.3 is 50.0 Å². The molecule has 2 N–H and O–H groups in total. The number of ether oxygens (including phenoxy) is 2. The van der Waals surface area contributed by atoms with Crippen molar-refractivity contribution in [1.29, 1.82) is 0 Å². The summed E-state index contributed by atoms with van der Waals surface area (Å²) in [6.07, 6.45) is 4.12. The molecule has 2 heterocycles. The quantitative estimate of drug-likeness (QED) is 0.0547. The van der Waals surface area contributed by atoms with E-state index in [1.54, 1.807) is 36.4 Å². The van der Waals surface area contributed by atoms with Crippen molar-refractivity contribution < 1.29 is 102 Å². The number of ketones is 1. The van der Waals surface area contributed by atoms with E-state index in [4.69, 9.17) is 9.47 Å². The third-order valence-corrected chi connectivity index (χ3v) is 8.95. The van der Waals surface area contributed by atoms with Crippen molar-refractivity contribution >= 4 is 68.8 Å². The zero-order valence-corrected chi connectivity index (χ0v) is 39.2. The monoisotopic (exact) mass is 958 g/mol. The topological polar surface area (TPSA) is 163 Å². The molecule has 0 bridgehead atoms. The van der Waals surface area contributed by atoms with Crippen LogP contribution in [-0.4, -0.2) is 54.6 Å². The van der Waals surface area contributed by atoms with Crippen molar-refractivity contribution in [2.75, 3.05) is 45.4 Å². The van der Waals surface area contributed by atoms with Gasteiger partial charge in [-0.1, -0.05) is 50.2 Å². The zero-order chi connectivity index (χ0) is 37.6. The van der Waals surface area contributed by atoms with Crippen molar-refractivity contribution in [3.8, 4) is 23.0 Å². The van der Waals surface area contributed by atoms with E-state index >= 15 is 0 Å². The molecule has 0 aromatic heterocycles. The maximum absolute atomic E-state index is 11.8. The second kappa shape index (κ2) is 25.8. The van der Waals surface area contributed by atoms with Crippen molar-refractivity contribution in [1.82, 2.24) is 0 Å². The number of rotatable bonds is 12. The largest absolute Gasteiger partial charge is 0.755 e. The number of nitrogens with one attached hydrogen (secondary N) is 2. The first kappa shape index (κ1) is 50.7. The van der Waals surface area contributed by atoms with Gasteiger partial charge >= 0.3 is 0 Å². The van der Waals surface area contributed by atoms with Gasteiger partial charge in [0.05, 0.1) is 22.7 Å². The molecular weight excluding hydrogens is 914 g/mol. The first-order valence-electron chi connectivity index (χ1n) is 16.7. The maximum atomic E-state index is 11.8. The van der Waals surface area contributed by atoms with E-state index in [2.05, 4.69) is 38.8 Å². The molecular formula is C38H44N4O8S3Y2-4. The van der Waals surface area contributed by atoms with Crippen LogP contribution in [0, 0.1) is 14.4 Å². The summed E-state index contributed by atoms with van der Waals surface area (Å²) in [5, 5.41) is -0.438. The fourth-order valence-electron chi connectivity index (χ4n) is 5.66. The van der Waals surface area contributed by atoms with Crippen LogP contribution in [0.5, 0.6) is 23.0 Å². The van der Waals surface area contributed by atoms with Gasteiger partial charge in [-0.25, -0.2) is 0 Å². The smallest absolute Gasteiger partial charge is 0.216 e. The number of benzene rings is 4. The van der Waals surface area contributed by atoms with Crippen LogP contribution in [-0.2, 0) is 88.0 Å². The summed E-state index contributed by atoms with van der Waals surface area (Å²) < 4.78 is 61.4. The second-order valence-electron chi connectivity index (χ2n) is 11.4. The van der Waals surface area contributed by atoms with Gasteiger partial charge in [-0.2, -0.15) is 6.92 Å². The fraction of sp³-hybridized carbons (Fsp3) is 0.263. The average Bonchev–Trinajstić information content (AvgIpc) is 3.87. The molecule has 6 rings (SSSR count). The summed E-state index contributed by atoms with van der Waals surface area (Å²) in [7, 11) is 0. The number of para-hydroxylation sites is 2. The number of carbonyl (C=O) groups is 2. The van der Waals surface area contributed by atoms with Gasteiger partial charge in [-0.3, -0.25) is 13.2 Å². The van der Waals surface area contributed by atoms with Crippen LogP contribution < -0.4 is 28.7 Å². The van der Waals surface area contributed by atoms with Gasteiger partial charge in [-0.05, 0) is 62.1 Å². The number of thiol groups is 1. The normalized spacial score (nSPS) is 13.8. The van der Waals surface area contributed by atoms with Crippen LogP contribution in [0.2, 0.25) is 0 Å². The Bertz CT molecular complexity index is 1730. The van der Waals surface area contributed by atoms with Crippen LogP contribution in [0.25, 0.3) is 0 Å². The van der Waals surface area contributed by atoms with E-state index in [9.17, 15) is 27.1 Å². The first-order valence-corrected chi connectivity index (χ1v) is 19.3. The predicted molar refractivity (Wildman–Crippen MR) is 215 cm³/mol. The molecule has 0 amide bonds. The molecule has 0 saturated carbocycles. The van der Waals surface area contributed by atoms with E-state index in [0.29, 0.717) is 45.5 Å². The summed E-state index contributed by atoms with van der Waals surface area (Å²) in [4.78, 5) is 27.7. The number of nitrogens with zero attached hydrogens (tertiary/aromatic N) is 2. The second-order valence-corrected chi connectivity index (χ2v) is 13.1. The standard InChI is InChI=1S/C18H19N2O4S.C17H18N2O4S2.C2H6.CH3.2Y/c1-13(21)14-11-16(19-25(22)23)18(24-15-7-3-2-4-8-15)17(12-14)20-9-5-6-10-20;20-17(24)12-10-14(18-25(21)22)16(23-13-6-2-1-3-7-13)15(11-12)19-8-4-5-9-19;1-2;;;/h2-4,7-8,11-12,19H,1,5-6,9-10H2,(H,22,23);1-3,6-7,10-11,18H,4-5,8-9H2,(H,20,24)(H,21,22);1-2H3;1H3;;/q-1;;;-1;;/p-2. The van der Waals surface area contributed by atoms with E-state index in [0.717, 1.165) is 51.9 Å². The van der Waals surface area contributed by atoms with Crippen molar-refractivity contribution in [2.45, 2.75) is 39.5 Å². The Morgan fingerprint density at radius 1 is 0.673 bits per heavy atom. The molecule has 2 atom stereocenters. The van der Waals surface area contributed by atoms with Gasteiger partial charge in [0, 0.05) is 125 Å². The van der Waals surface area contributed by atoms with Crippen LogP contribution in [0.4, 0.5) is 22.7 Å². The Balaban J connectivity index is 0.000000500. The Kier molecular flexibility index (Phi) is 23.8. The minimum absolute atomic E-state index is 0. The molecule has 2 aliphatic rings. The molecule has 2 fully saturated rings. The summed E-state index contributed by atoms with van der Waals surface area (Å²) >= 11 is -1.23. The summed E-state index contributed by atoms with van der Waals surface area (Å²) in [5.41, 5.74) is 2.42. The van der Waals surface area contributed by atoms with Crippen LogP contribution in [0.15, 0.2) is 84.9 Å². The van der Waals surface area contributed by atoms with Gasteiger partial charge in [0.2, 0.25) is 5.12 Å². The molecule has 17 heteroatoms. The zero-order valence-electron chi connectivity index (χ0n) is 31.0. The number of Topliss-reactive ketones (excluding diaryl/α,β-unsaturated/α-hetero) is 1. The Hall–Kier alpha value is -2.33. The van der Waals surface area contributed by atoms with Crippen molar-refractivity contribution in [2.24, 2.45) is 0 Å². The third-order valence-electron chi connectivity index (χ3n) is 7.91. The minimum atomic E-state index is -2.55. The van der Waals surface area contributed by atoms with E-state index < -0.39 is 27.6 Å². The number of carbonyl (C=O) groups excluding carboxylic acids is 2.